The van der Waals surface area contributed by atoms with Gasteiger partial charge in [0, 0.05) is 42.3 Å². The molecule has 0 saturated carbocycles. The molecule has 1 aromatic carbocycles. The normalized spacial score (nSPS) is 21.0. The van der Waals surface area contributed by atoms with Gasteiger partial charge in [-0.1, -0.05) is 31.4 Å². The van der Waals surface area contributed by atoms with E-state index in [4.69, 9.17) is 9.72 Å². The molecular formula is C33H47N5O. The van der Waals surface area contributed by atoms with Crippen LogP contribution in [-0.4, -0.2) is 80.4 Å². The van der Waals surface area contributed by atoms with Gasteiger partial charge in [-0.2, -0.15) is 0 Å². The van der Waals surface area contributed by atoms with Crippen LogP contribution in [0.5, 0.6) is 0 Å². The van der Waals surface area contributed by atoms with Crippen LogP contribution in [-0.2, 0) is 17.6 Å². The van der Waals surface area contributed by atoms with Gasteiger partial charge in [-0.3, -0.25) is 0 Å². The number of rotatable bonds is 4. The molecule has 0 aliphatic carbocycles. The molecular weight excluding hydrogens is 482 g/mol. The number of aromatic nitrogens is 1. The lowest BCUT2D eigenvalue weighted by molar-refractivity contribution is 0.0966. The van der Waals surface area contributed by atoms with Crippen molar-refractivity contribution in [2.24, 2.45) is 0 Å². The summed E-state index contributed by atoms with van der Waals surface area (Å²) in [6.45, 7) is 17.6. The highest BCUT2D eigenvalue weighted by atomic mass is 16.5. The third-order valence-electron chi connectivity index (χ3n) is 9.13. The molecule has 4 aliphatic rings. The van der Waals surface area contributed by atoms with Crippen LogP contribution < -0.4 is 10.2 Å². The summed E-state index contributed by atoms with van der Waals surface area (Å²) in [6.07, 6.45) is 12.6. The molecule has 3 saturated heterocycles. The highest BCUT2D eigenvalue weighted by molar-refractivity contribution is 5.73. The first-order chi connectivity index (χ1) is 19.1. The highest BCUT2D eigenvalue weighted by Gasteiger charge is 2.29. The lowest BCUT2D eigenvalue weighted by Crippen LogP contribution is -2.46. The zero-order valence-electron chi connectivity index (χ0n) is 24.1. The van der Waals surface area contributed by atoms with E-state index in [1.807, 2.05) is 6.20 Å². The predicted molar refractivity (Wildman–Crippen MR) is 164 cm³/mol. The van der Waals surface area contributed by atoms with Gasteiger partial charge in [0.15, 0.2) is 0 Å². The average Bonchev–Trinajstić information content (AvgIpc) is 3.18. The summed E-state index contributed by atoms with van der Waals surface area (Å²) in [5, 5.41) is 3.78. The summed E-state index contributed by atoms with van der Waals surface area (Å²) in [4.78, 5) is 12.5. The molecule has 6 heteroatoms. The Morgan fingerprint density at radius 1 is 0.923 bits per heavy atom. The Bertz CT molecular complexity index is 1120. The number of piperidine rings is 2. The third kappa shape index (κ3) is 6.56. The second-order valence-corrected chi connectivity index (χ2v) is 11.6. The van der Waals surface area contributed by atoms with Crippen molar-refractivity contribution in [2.45, 2.75) is 57.4 Å². The monoisotopic (exact) mass is 529 g/mol. The number of nitrogens with one attached hydrogen (secondary N) is 1. The minimum Gasteiger partial charge on any atom is -0.378 e. The summed E-state index contributed by atoms with van der Waals surface area (Å²) < 4.78 is 5.59. The Balaban J connectivity index is 0.000000723. The van der Waals surface area contributed by atoms with Crippen molar-refractivity contribution in [1.29, 1.82) is 0 Å². The van der Waals surface area contributed by atoms with Crippen molar-refractivity contribution in [2.75, 3.05) is 69.7 Å². The molecule has 0 spiro atoms. The highest BCUT2D eigenvalue weighted by Crippen LogP contribution is 2.39. The number of fused-ring (bicyclic) bond motifs is 2. The number of anilines is 3. The van der Waals surface area contributed by atoms with Crippen molar-refractivity contribution in [3.05, 3.63) is 72.0 Å². The van der Waals surface area contributed by atoms with E-state index < -0.39 is 0 Å². The lowest BCUT2D eigenvalue weighted by Gasteiger charge is -2.41. The summed E-state index contributed by atoms with van der Waals surface area (Å²) in [7, 11) is 2.26. The van der Waals surface area contributed by atoms with Gasteiger partial charge >= 0.3 is 0 Å². The van der Waals surface area contributed by atoms with Gasteiger partial charge < -0.3 is 24.8 Å². The van der Waals surface area contributed by atoms with E-state index in [2.05, 4.69) is 65.3 Å². The van der Waals surface area contributed by atoms with E-state index in [0.717, 1.165) is 51.0 Å². The van der Waals surface area contributed by atoms with Crippen molar-refractivity contribution in [3.63, 3.8) is 0 Å². The number of likely N-dealkylation sites (tertiary alicyclic amines) is 2. The maximum Gasteiger partial charge on any atom is 0.135 e. The molecule has 0 atom stereocenters. The minimum absolute atomic E-state index is 0.665. The third-order valence-corrected chi connectivity index (χ3v) is 9.13. The number of morpholine rings is 1. The number of hydrogen-bond acceptors (Lipinski definition) is 6. The van der Waals surface area contributed by atoms with Crippen LogP contribution in [0.4, 0.5) is 17.2 Å². The van der Waals surface area contributed by atoms with Crippen molar-refractivity contribution in [3.8, 4) is 0 Å². The van der Waals surface area contributed by atoms with Gasteiger partial charge in [-0.15, -0.1) is 0 Å². The number of aryl methyl sites for hydroxylation is 1. The number of hydrogen-bond donors (Lipinski definition) is 1. The zero-order valence-corrected chi connectivity index (χ0v) is 24.1. The molecule has 0 bridgehead atoms. The Morgan fingerprint density at radius 2 is 1.62 bits per heavy atom. The fourth-order valence-corrected chi connectivity index (χ4v) is 6.80. The molecule has 6 nitrogen and oxygen atoms in total. The van der Waals surface area contributed by atoms with Crippen molar-refractivity contribution < 1.29 is 4.74 Å². The largest absolute Gasteiger partial charge is 0.378 e. The minimum atomic E-state index is 0.665. The Kier molecular flexibility index (Phi) is 9.38. The molecule has 0 unspecified atom stereocenters. The molecule has 2 aromatic rings. The second kappa shape index (κ2) is 13.1. The van der Waals surface area contributed by atoms with Crippen molar-refractivity contribution >= 4 is 17.2 Å². The quantitative estimate of drug-likeness (QED) is 0.513. The Hall–Kier alpha value is -2.67. The summed E-state index contributed by atoms with van der Waals surface area (Å²) in [5.74, 6) is 1.71. The van der Waals surface area contributed by atoms with Crippen LogP contribution in [0.15, 0.2) is 49.7 Å². The van der Waals surface area contributed by atoms with Crippen molar-refractivity contribution in [1.82, 2.24) is 14.8 Å². The number of ether oxygens (including phenoxy) is 1. The maximum atomic E-state index is 5.59. The smallest absolute Gasteiger partial charge is 0.135 e. The molecule has 210 valence electrons. The first kappa shape index (κ1) is 27.9. The number of nitrogens with zero attached hydrogens (tertiary/aromatic N) is 4. The van der Waals surface area contributed by atoms with Crippen LogP contribution >= 0.6 is 0 Å². The van der Waals surface area contributed by atoms with Gasteiger partial charge in [0.1, 0.15) is 5.82 Å². The summed E-state index contributed by atoms with van der Waals surface area (Å²) in [5.41, 5.74) is 8.38. The first-order valence-corrected chi connectivity index (χ1v) is 14.9. The lowest BCUT2D eigenvalue weighted by atomic mass is 9.85. The molecule has 1 aromatic heterocycles. The van der Waals surface area contributed by atoms with E-state index in [0.29, 0.717) is 5.92 Å². The number of allylic oxidation sites excluding steroid dienone is 2. The first-order valence-electron chi connectivity index (χ1n) is 14.9. The average molecular weight is 530 g/mol. The van der Waals surface area contributed by atoms with Gasteiger partial charge in [0.05, 0.1) is 13.2 Å². The van der Waals surface area contributed by atoms with Crippen LogP contribution in [0.3, 0.4) is 0 Å². The molecule has 6 rings (SSSR count). The summed E-state index contributed by atoms with van der Waals surface area (Å²) >= 11 is 0. The second-order valence-electron chi connectivity index (χ2n) is 11.6. The molecule has 4 aliphatic heterocycles. The van der Waals surface area contributed by atoms with E-state index in [-0.39, 0.29) is 0 Å². The fraction of sp³-hybridized carbons (Fsp3) is 0.545. The molecule has 5 heterocycles. The van der Waals surface area contributed by atoms with E-state index >= 15 is 0 Å². The zero-order chi connectivity index (χ0) is 27.2. The van der Waals surface area contributed by atoms with E-state index in [9.17, 15) is 0 Å². The van der Waals surface area contributed by atoms with Gasteiger partial charge in [-0.25, -0.2) is 4.98 Å². The summed E-state index contributed by atoms with van der Waals surface area (Å²) in [6, 6.07) is 7.93. The van der Waals surface area contributed by atoms with Crippen LogP contribution in [0.2, 0.25) is 0 Å². The standard InChI is InChI=1S/C29H41N5O.C4H6/c1-21-19-23(22-6-13-33(14-7-22)24-8-11-32(2)12-9-24)20-27-25(21)3-4-26-28(5-10-30-29(26)31-27)34-15-17-35-18-16-34;1-3-4-2/h5,10,19-20,22,24H,3-4,6-9,11-18H2,1-2H3,(H,30,31);3-4H,1-2H2. The SMILES string of the molecule is C=CC=C.Cc1cc(C2CCN(C3CCN(C)CC3)CC2)cc2c1CCc1c(N3CCOCC3)ccnc1N2. The van der Waals surface area contributed by atoms with E-state index in [1.54, 1.807) is 12.2 Å². The molecule has 0 radical (unpaired) electrons. The number of pyridine rings is 1. The topological polar surface area (TPSA) is 43.9 Å². The molecule has 3 fully saturated rings. The number of benzene rings is 1. The van der Waals surface area contributed by atoms with Gasteiger partial charge in [0.25, 0.3) is 0 Å². The van der Waals surface area contributed by atoms with E-state index in [1.165, 1.54) is 85.5 Å². The maximum absolute atomic E-state index is 5.59. The molecule has 39 heavy (non-hydrogen) atoms. The Labute approximate surface area is 235 Å². The van der Waals surface area contributed by atoms with Crippen LogP contribution in [0.1, 0.15) is 53.9 Å². The van der Waals surface area contributed by atoms with Crippen LogP contribution in [0, 0.1) is 6.92 Å². The van der Waals surface area contributed by atoms with Gasteiger partial charge in [-0.05, 0) is 113 Å². The molecule has 1 N–H and O–H groups in total. The fourth-order valence-electron chi connectivity index (χ4n) is 6.80. The molecule has 0 amide bonds. The Morgan fingerprint density at radius 3 is 2.31 bits per heavy atom. The van der Waals surface area contributed by atoms with Gasteiger partial charge in [0.2, 0.25) is 0 Å². The predicted octanol–water partition coefficient (Wildman–Crippen LogP) is 5.70. The van der Waals surface area contributed by atoms with Crippen LogP contribution in [0.25, 0.3) is 0 Å².